The van der Waals surface area contributed by atoms with Gasteiger partial charge in [-0.25, -0.2) is 0 Å². The van der Waals surface area contributed by atoms with Crippen LogP contribution in [0.15, 0.2) is 18.2 Å². The highest BCUT2D eigenvalue weighted by molar-refractivity contribution is 6.39. The molecule has 0 amide bonds. The van der Waals surface area contributed by atoms with E-state index >= 15 is 0 Å². The molecule has 0 aliphatic rings. The third-order valence-electron chi connectivity index (χ3n) is 2.06. The number of hydrogen-bond donors (Lipinski definition) is 1. The van der Waals surface area contributed by atoms with Crippen LogP contribution in [0.25, 0.3) is 0 Å². The van der Waals surface area contributed by atoms with Crippen molar-refractivity contribution >= 4 is 46.4 Å². The molecule has 0 saturated heterocycles. The monoisotopic (exact) mass is 318 g/mol. The van der Waals surface area contributed by atoms with Gasteiger partial charge in [-0.1, -0.05) is 29.3 Å². The van der Waals surface area contributed by atoms with Gasteiger partial charge in [0.15, 0.2) is 0 Å². The van der Waals surface area contributed by atoms with E-state index < -0.39 is 0 Å². The van der Waals surface area contributed by atoms with E-state index in [-0.39, 0.29) is 17.2 Å². The Morgan fingerprint density at radius 3 is 2.42 bits per heavy atom. The van der Waals surface area contributed by atoms with E-state index in [9.17, 15) is 0 Å². The molecule has 5 nitrogen and oxygen atoms in total. The zero-order valence-corrected chi connectivity index (χ0v) is 12.1. The summed E-state index contributed by atoms with van der Waals surface area (Å²) < 4.78 is 5.17. The van der Waals surface area contributed by atoms with Crippen LogP contribution in [0, 0.1) is 0 Å². The van der Waals surface area contributed by atoms with Crippen molar-refractivity contribution in [1.82, 2.24) is 15.0 Å². The van der Waals surface area contributed by atoms with Crippen LogP contribution >= 0.6 is 34.8 Å². The minimum absolute atomic E-state index is 0.0177. The topological polar surface area (TPSA) is 59.9 Å². The third-order valence-corrected chi connectivity index (χ3v) is 2.86. The normalized spacial score (nSPS) is 10.3. The average molecular weight is 320 g/mol. The minimum Gasteiger partial charge on any atom is -0.464 e. The SMILES string of the molecule is CCOc1nc(Cl)nc(Nc2c(Cl)cccc2Cl)n1. The fourth-order valence-corrected chi connectivity index (χ4v) is 1.95. The van der Waals surface area contributed by atoms with Crippen LogP contribution in [-0.4, -0.2) is 21.6 Å². The highest BCUT2D eigenvalue weighted by atomic mass is 35.5. The fourth-order valence-electron chi connectivity index (χ4n) is 1.31. The molecule has 0 bridgehead atoms. The van der Waals surface area contributed by atoms with Crippen molar-refractivity contribution in [3.63, 3.8) is 0 Å². The molecule has 0 unspecified atom stereocenters. The van der Waals surface area contributed by atoms with Gasteiger partial charge in [0, 0.05) is 0 Å². The maximum atomic E-state index is 6.04. The van der Waals surface area contributed by atoms with Crippen LogP contribution in [0.1, 0.15) is 6.92 Å². The Balaban J connectivity index is 2.33. The molecule has 2 rings (SSSR count). The van der Waals surface area contributed by atoms with Gasteiger partial charge in [0.05, 0.1) is 22.3 Å². The summed E-state index contributed by atoms with van der Waals surface area (Å²) in [5, 5.41) is 3.80. The molecule has 8 heteroatoms. The van der Waals surface area contributed by atoms with E-state index in [1.165, 1.54) is 0 Å². The summed E-state index contributed by atoms with van der Waals surface area (Å²) in [5.41, 5.74) is 0.496. The molecule has 1 heterocycles. The van der Waals surface area contributed by atoms with E-state index in [1.54, 1.807) is 18.2 Å². The standard InChI is InChI=1S/C11H9Cl3N4O/c1-2-19-11-17-9(14)16-10(18-11)15-8-6(12)4-3-5-7(8)13/h3-5H,2H2,1H3,(H,15,16,17,18). The summed E-state index contributed by atoms with van der Waals surface area (Å²) in [4.78, 5) is 11.8. The minimum atomic E-state index is 0.0177. The van der Waals surface area contributed by atoms with Gasteiger partial charge >= 0.3 is 6.01 Å². The van der Waals surface area contributed by atoms with Crippen molar-refractivity contribution in [1.29, 1.82) is 0 Å². The molecule has 0 fully saturated rings. The number of benzene rings is 1. The lowest BCUT2D eigenvalue weighted by Crippen LogP contribution is -2.04. The second-order valence-electron chi connectivity index (χ2n) is 3.37. The molecule has 1 N–H and O–H groups in total. The first-order valence-electron chi connectivity index (χ1n) is 5.35. The molecule has 100 valence electrons. The van der Waals surface area contributed by atoms with Crippen molar-refractivity contribution in [3.8, 4) is 6.01 Å². The first-order valence-corrected chi connectivity index (χ1v) is 6.49. The fraction of sp³-hybridized carbons (Fsp3) is 0.182. The number of anilines is 2. The first kappa shape index (κ1) is 14.1. The lowest BCUT2D eigenvalue weighted by Gasteiger charge is -2.09. The Morgan fingerprint density at radius 2 is 1.79 bits per heavy atom. The molecule has 2 aromatic rings. The van der Waals surface area contributed by atoms with Crippen molar-refractivity contribution < 1.29 is 4.74 Å². The smallest absolute Gasteiger partial charge is 0.322 e. The van der Waals surface area contributed by atoms with E-state index in [2.05, 4.69) is 20.3 Å². The van der Waals surface area contributed by atoms with E-state index in [4.69, 9.17) is 39.5 Å². The number of para-hydroxylation sites is 1. The van der Waals surface area contributed by atoms with Gasteiger partial charge in [0.25, 0.3) is 0 Å². The zero-order valence-electron chi connectivity index (χ0n) is 9.82. The summed E-state index contributed by atoms with van der Waals surface area (Å²) in [5.74, 6) is 0.207. The molecule has 0 saturated carbocycles. The van der Waals surface area contributed by atoms with Crippen LogP contribution < -0.4 is 10.1 Å². The Kier molecular flexibility index (Phi) is 4.63. The predicted octanol–water partition coefficient (Wildman–Crippen LogP) is 3.97. The number of hydrogen-bond acceptors (Lipinski definition) is 5. The van der Waals surface area contributed by atoms with Crippen LogP contribution in [0.4, 0.5) is 11.6 Å². The Morgan fingerprint density at radius 1 is 1.11 bits per heavy atom. The number of nitrogens with zero attached hydrogens (tertiary/aromatic N) is 3. The maximum Gasteiger partial charge on any atom is 0.322 e. The van der Waals surface area contributed by atoms with Crippen LogP contribution in [0.5, 0.6) is 6.01 Å². The number of nitrogens with one attached hydrogen (secondary N) is 1. The zero-order chi connectivity index (χ0) is 13.8. The molecule has 19 heavy (non-hydrogen) atoms. The number of rotatable bonds is 4. The summed E-state index contributed by atoms with van der Waals surface area (Å²) in [7, 11) is 0. The number of aromatic nitrogens is 3. The van der Waals surface area contributed by atoms with Crippen molar-refractivity contribution in [2.24, 2.45) is 0 Å². The molecular formula is C11H9Cl3N4O. The molecule has 0 spiro atoms. The van der Waals surface area contributed by atoms with Crippen molar-refractivity contribution in [2.75, 3.05) is 11.9 Å². The van der Waals surface area contributed by atoms with Crippen molar-refractivity contribution in [2.45, 2.75) is 6.92 Å². The summed E-state index contributed by atoms with van der Waals surface area (Å²) in [6.45, 7) is 2.24. The maximum absolute atomic E-state index is 6.04. The van der Waals surface area contributed by atoms with E-state index in [0.29, 0.717) is 22.3 Å². The molecule has 0 aliphatic carbocycles. The van der Waals surface area contributed by atoms with Crippen molar-refractivity contribution in [3.05, 3.63) is 33.5 Å². The van der Waals surface area contributed by atoms with Gasteiger partial charge in [-0.15, -0.1) is 0 Å². The van der Waals surface area contributed by atoms with Gasteiger partial charge in [0.1, 0.15) is 0 Å². The average Bonchev–Trinajstić information content (AvgIpc) is 2.34. The lowest BCUT2D eigenvalue weighted by molar-refractivity contribution is 0.312. The molecule has 0 radical (unpaired) electrons. The predicted molar refractivity (Wildman–Crippen MR) is 75.8 cm³/mol. The Hall–Kier alpha value is -1.30. The van der Waals surface area contributed by atoms with Gasteiger partial charge in [-0.2, -0.15) is 15.0 Å². The van der Waals surface area contributed by atoms with Gasteiger partial charge in [-0.3, -0.25) is 0 Å². The molecule has 1 aromatic carbocycles. The largest absolute Gasteiger partial charge is 0.464 e. The Bertz CT molecular complexity index is 574. The lowest BCUT2D eigenvalue weighted by atomic mass is 10.3. The van der Waals surface area contributed by atoms with E-state index in [0.717, 1.165) is 0 Å². The summed E-state index contributed by atoms with van der Waals surface area (Å²) in [6, 6.07) is 5.26. The highest BCUT2D eigenvalue weighted by Crippen LogP contribution is 2.31. The third kappa shape index (κ3) is 3.59. The van der Waals surface area contributed by atoms with Gasteiger partial charge < -0.3 is 10.1 Å². The van der Waals surface area contributed by atoms with Crippen LogP contribution in [0.2, 0.25) is 15.3 Å². The summed E-state index contributed by atoms with van der Waals surface area (Å²) >= 11 is 17.9. The quantitative estimate of drug-likeness (QED) is 0.924. The molecule has 1 aromatic heterocycles. The highest BCUT2D eigenvalue weighted by Gasteiger charge is 2.10. The number of halogens is 3. The van der Waals surface area contributed by atoms with Gasteiger partial charge in [0.2, 0.25) is 11.2 Å². The van der Waals surface area contributed by atoms with Crippen LogP contribution in [0.3, 0.4) is 0 Å². The second-order valence-corrected chi connectivity index (χ2v) is 4.52. The first-order chi connectivity index (χ1) is 9.10. The number of ether oxygens (including phenoxy) is 1. The molecule has 0 atom stereocenters. The Labute approximate surface area is 124 Å². The van der Waals surface area contributed by atoms with E-state index in [1.807, 2.05) is 6.92 Å². The van der Waals surface area contributed by atoms with Gasteiger partial charge in [-0.05, 0) is 30.7 Å². The van der Waals surface area contributed by atoms with Crippen LogP contribution in [-0.2, 0) is 0 Å². The summed E-state index contributed by atoms with van der Waals surface area (Å²) in [6.07, 6.45) is 0. The molecule has 0 aliphatic heterocycles. The second kappa shape index (κ2) is 6.23. The molecular weight excluding hydrogens is 311 g/mol.